The molecule has 4 heteroatoms. The number of carboxylic acid groups (broad SMARTS) is 1. The van der Waals surface area contributed by atoms with Crippen molar-refractivity contribution in [3.63, 3.8) is 0 Å². The van der Waals surface area contributed by atoms with Crippen LogP contribution in [-0.4, -0.2) is 60.1 Å². The van der Waals surface area contributed by atoms with Crippen molar-refractivity contribution in [2.75, 3.05) is 33.2 Å². The minimum absolute atomic E-state index is 0.489. The van der Waals surface area contributed by atoms with E-state index in [1.165, 1.54) is 0 Å². The second kappa shape index (κ2) is 6.53. The summed E-state index contributed by atoms with van der Waals surface area (Å²) >= 11 is 0. The molecule has 18 heavy (non-hydrogen) atoms. The first kappa shape index (κ1) is 15.4. The molecule has 2 atom stereocenters. The Labute approximate surface area is 111 Å². The zero-order chi connectivity index (χ0) is 13.8. The van der Waals surface area contributed by atoms with Crippen LogP contribution < -0.4 is 0 Å². The van der Waals surface area contributed by atoms with Crippen molar-refractivity contribution in [2.24, 2.45) is 5.41 Å². The van der Waals surface area contributed by atoms with Gasteiger partial charge < -0.3 is 10.0 Å². The van der Waals surface area contributed by atoms with Crippen LogP contribution in [0.1, 0.15) is 40.0 Å². The summed E-state index contributed by atoms with van der Waals surface area (Å²) in [7, 11) is 2.16. The Hall–Kier alpha value is -0.610. The summed E-state index contributed by atoms with van der Waals surface area (Å²) in [4.78, 5) is 16.2. The summed E-state index contributed by atoms with van der Waals surface area (Å²) in [5, 5.41) is 9.41. The lowest BCUT2D eigenvalue weighted by Crippen LogP contribution is -2.47. The van der Waals surface area contributed by atoms with Gasteiger partial charge in [0.05, 0.1) is 5.41 Å². The van der Waals surface area contributed by atoms with E-state index in [1.807, 2.05) is 13.8 Å². The van der Waals surface area contributed by atoms with Gasteiger partial charge in [0, 0.05) is 19.1 Å². The zero-order valence-electron chi connectivity index (χ0n) is 12.3. The Morgan fingerprint density at radius 2 is 2.06 bits per heavy atom. The summed E-state index contributed by atoms with van der Waals surface area (Å²) in [6.07, 6.45) is 2.90. The van der Waals surface area contributed by atoms with Crippen LogP contribution in [0.15, 0.2) is 0 Å². The second-order valence-corrected chi connectivity index (χ2v) is 5.87. The first-order valence-electron chi connectivity index (χ1n) is 7.09. The van der Waals surface area contributed by atoms with Crippen molar-refractivity contribution in [1.29, 1.82) is 0 Å². The molecule has 0 saturated carbocycles. The number of nitrogens with zero attached hydrogens (tertiary/aromatic N) is 2. The Balaban J connectivity index is 2.76. The highest BCUT2D eigenvalue weighted by Crippen LogP contribution is 2.25. The molecule has 0 aliphatic carbocycles. The van der Waals surface area contributed by atoms with Gasteiger partial charge in [-0.2, -0.15) is 0 Å². The van der Waals surface area contributed by atoms with Crippen LogP contribution in [0, 0.1) is 5.41 Å². The first-order chi connectivity index (χ1) is 8.42. The minimum atomic E-state index is -0.669. The molecule has 1 aliphatic heterocycles. The highest BCUT2D eigenvalue weighted by Gasteiger charge is 2.35. The molecule has 1 saturated heterocycles. The molecule has 0 aromatic rings. The Morgan fingerprint density at radius 1 is 1.39 bits per heavy atom. The van der Waals surface area contributed by atoms with Crippen molar-refractivity contribution >= 4 is 5.97 Å². The quantitative estimate of drug-likeness (QED) is 0.816. The average molecular weight is 256 g/mol. The summed E-state index contributed by atoms with van der Waals surface area (Å²) in [6, 6.07) is 0.489. The number of hydrogen-bond donors (Lipinski definition) is 1. The molecule has 0 aromatic heterocycles. The fourth-order valence-electron chi connectivity index (χ4n) is 2.67. The maximum Gasteiger partial charge on any atom is 0.310 e. The van der Waals surface area contributed by atoms with Gasteiger partial charge in [-0.1, -0.05) is 13.8 Å². The third-order valence-corrected chi connectivity index (χ3v) is 4.34. The highest BCUT2D eigenvalue weighted by atomic mass is 16.4. The van der Waals surface area contributed by atoms with E-state index in [9.17, 15) is 9.90 Å². The molecule has 1 aliphatic rings. The van der Waals surface area contributed by atoms with Crippen LogP contribution in [-0.2, 0) is 4.79 Å². The van der Waals surface area contributed by atoms with Crippen LogP contribution in [0.25, 0.3) is 0 Å². The molecule has 0 amide bonds. The van der Waals surface area contributed by atoms with Crippen molar-refractivity contribution in [1.82, 2.24) is 9.80 Å². The van der Waals surface area contributed by atoms with Crippen molar-refractivity contribution in [3.05, 3.63) is 0 Å². The van der Waals surface area contributed by atoms with Crippen molar-refractivity contribution in [2.45, 2.75) is 46.1 Å². The van der Waals surface area contributed by atoms with E-state index in [1.54, 1.807) is 0 Å². The number of likely N-dealkylation sites (N-methyl/N-ethyl adjacent to an activating group) is 1. The van der Waals surface area contributed by atoms with Gasteiger partial charge in [0.25, 0.3) is 0 Å². The molecule has 1 heterocycles. The molecule has 0 aromatic carbocycles. The minimum Gasteiger partial charge on any atom is -0.481 e. The Morgan fingerprint density at radius 3 is 2.56 bits per heavy atom. The van der Waals surface area contributed by atoms with Crippen LogP contribution in [0.2, 0.25) is 0 Å². The second-order valence-electron chi connectivity index (χ2n) is 5.87. The normalized spacial score (nSPS) is 26.6. The van der Waals surface area contributed by atoms with Crippen molar-refractivity contribution < 1.29 is 9.90 Å². The summed E-state index contributed by atoms with van der Waals surface area (Å²) in [6.45, 7) is 9.90. The van der Waals surface area contributed by atoms with Gasteiger partial charge in [-0.3, -0.25) is 9.69 Å². The molecule has 2 unspecified atom stereocenters. The topological polar surface area (TPSA) is 43.8 Å². The van der Waals surface area contributed by atoms with Gasteiger partial charge >= 0.3 is 5.97 Å². The van der Waals surface area contributed by atoms with Crippen LogP contribution in [0.5, 0.6) is 0 Å². The van der Waals surface area contributed by atoms with Crippen LogP contribution in [0.4, 0.5) is 0 Å². The smallest absolute Gasteiger partial charge is 0.310 e. The van der Waals surface area contributed by atoms with Crippen LogP contribution in [0.3, 0.4) is 0 Å². The molecule has 1 fully saturated rings. The molecule has 0 radical (unpaired) electrons. The number of carbonyl (C=O) groups is 1. The van der Waals surface area contributed by atoms with E-state index in [4.69, 9.17) is 0 Å². The Kier molecular flexibility index (Phi) is 5.60. The van der Waals surface area contributed by atoms with E-state index < -0.39 is 11.4 Å². The molecule has 1 N–H and O–H groups in total. The number of aliphatic carboxylic acids is 1. The van der Waals surface area contributed by atoms with E-state index in [0.29, 0.717) is 19.0 Å². The van der Waals surface area contributed by atoms with Crippen LogP contribution >= 0.6 is 0 Å². The third kappa shape index (κ3) is 3.69. The molecule has 0 spiro atoms. The van der Waals surface area contributed by atoms with Gasteiger partial charge in [-0.05, 0) is 46.3 Å². The zero-order valence-corrected chi connectivity index (χ0v) is 12.3. The predicted molar refractivity (Wildman–Crippen MR) is 73.8 cm³/mol. The van der Waals surface area contributed by atoms with Gasteiger partial charge in [-0.15, -0.1) is 0 Å². The lowest BCUT2D eigenvalue weighted by molar-refractivity contribution is -0.149. The van der Waals surface area contributed by atoms with Gasteiger partial charge in [0.1, 0.15) is 0 Å². The monoisotopic (exact) mass is 256 g/mol. The maximum absolute atomic E-state index is 11.4. The summed E-state index contributed by atoms with van der Waals surface area (Å²) in [5.74, 6) is -0.669. The predicted octanol–water partition coefficient (Wildman–Crippen LogP) is 1.90. The molecule has 1 rings (SSSR count). The lowest BCUT2D eigenvalue weighted by Gasteiger charge is -2.36. The van der Waals surface area contributed by atoms with E-state index >= 15 is 0 Å². The largest absolute Gasteiger partial charge is 0.481 e. The van der Waals surface area contributed by atoms with E-state index in [-0.39, 0.29) is 0 Å². The third-order valence-electron chi connectivity index (χ3n) is 4.34. The fraction of sp³-hybridized carbons (Fsp3) is 0.929. The molecular weight excluding hydrogens is 228 g/mol. The number of hydrogen-bond acceptors (Lipinski definition) is 3. The first-order valence-corrected chi connectivity index (χ1v) is 7.09. The summed E-state index contributed by atoms with van der Waals surface area (Å²) in [5.41, 5.74) is -0.615. The average Bonchev–Trinajstić information content (AvgIpc) is 2.50. The number of carboxylic acids is 1. The Bertz CT molecular complexity index is 283. The highest BCUT2D eigenvalue weighted by molar-refractivity contribution is 5.74. The standard InChI is InChI=1S/C14H28N2O2/c1-5-12-10-15(4)8-7-9-16(12)11-14(3,6-2)13(17)18/h12H,5-11H2,1-4H3,(H,17,18). The van der Waals surface area contributed by atoms with E-state index in [2.05, 4.69) is 23.8 Å². The molecule has 4 nitrogen and oxygen atoms in total. The van der Waals surface area contributed by atoms with Gasteiger partial charge in [-0.25, -0.2) is 0 Å². The molecule has 0 bridgehead atoms. The van der Waals surface area contributed by atoms with Gasteiger partial charge in [0.15, 0.2) is 0 Å². The molecule has 106 valence electrons. The van der Waals surface area contributed by atoms with E-state index in [0.717, 1.165) is 32.5 Å². The fourth-order valence-corrected chi connectivity index (χ4v) is 2.67. The van der Waals surface area contributed by atoms with Gasteiger partial charge in [0.2, 0.25) is 0 Å². The molecular formula is C14H28N2O2. The lowest BCUT2D eigenvalue weighted by atomic mass is 9.86. The number of rotatable bonds is 5. The maximum atomic E-state index is 11.4. The van der Waals surface area contributed by atoms with Crippen molar-refractivity contribution in [3.8, 4) is 0 Å². The summed E-state index contributed by atoms with van der Waals surface area (Å²) < 4.78 is 0. The SMILES string of the molecule is CCC1CN(C)CCCN1CC(C)(CC)C(=O)O.